The molecule has 1 rings (SSSR count). The smallest absolute Gasteiger partial charge is 0.406 e. The molecule has 0 fully saturated rings. The first-order chi connectivity index (χ1) is 2.89. The number of cyclic esters (lactones) is 1. The van der Waals surface area contributed by atoms with Gasteiger partial charge in [-0.25, -0.2) is 4.79 Å². The van der Waals surface area contributed by atoms with E-state index in [1.54, 1.807) is 0 Å². The molecule has 1 heterocycles. The van der Waals surface area contributed by atoms with Gasteiger partial charge in [-0.1, -0.05) is 0 Å². The number of hydrogen-bond donors (Lipinski definition) is 0. The van der Waals surface area contributed by atoms with Gasteiger partial charge in [0, 0.05) is 5.87 Å². The molecule has 1 aliphatic heterocycles. The number of carbonyl (C=O) groups excluding carboxylic acids is 1. The van der Waals surface area contributed by atoms with Gasteiger partial charge in [0.2, 0.25) is 0 Å². The number of aliphatic imine (C=N–C) groups is 1. The van der Waals surface area contributed by atoms with E-state index in [-0.39, 0.29) is 0 Å². The highest BCUT2D eigenvalue weighted by Gasteiger charge is 1.95. The summed E-state index contributed by atoms with van der Waals surface area (Å²) in [5, 5.41) is 0. The van der Waals surface area contributed by atoms with Crippen LogP contribution in [0.1, 0.15) is 0 Å². The van der Waals surface area contributed by atoms with Crippen molar-refractivity contribution in [1.82, 2.24) is 0 Å². The topological polar surface area (TPSA) is 38.7 Å². The standard InChI is InChI=1S/C3HNO2/c5-3-4-1-2-6-3/h2H. The van der Waals surface area contributed by atoms with Crippen LogP contribution in [-0.2, 0) is 4.74 Å². The molecule has 0 bridgehead atoms. The quantitative estimate of drug-likeness (QED) is 0.423. The van der Waals surface area contributed by atoms with E-state index in [1.165, 1.54) is 0 Å². The lowest BCUT2D eigenvalue weighted by Gasteiger charge is -1.74. The van der Waals surface area contributed by atoms with Crippen molar-refractivity contribution in [3.05, 3.63) is 6.26 Å². The van der Waals surface area contributed by atoms with Crippen LogP contribution in [0.4, 0.5) is 4.79 Å². The predicted molar refractivity (Wildman–Crippen MR) is 18.5 cm³/mol. The van der Waals surface area contributed by atoms with Gasteiger partial charge in [-0.15, -0.1) is 4.99 Å². The number of carbonyl (C=O) groups is 1. The van der Waals surface area contributed by atoms with E-state index in [4.69, 9.17) is 0 Å². The van der Waals surface area contributed by atoms with Crippen molar-refractivity contribution in [3.8, 4) is 0 Å². The molecule has 0 aliphatic carbocycles. The molecule has 3 nitrogen and oxygen atoms in total. The first-order valence-corrected chi connectivity index (χ1v) is 1.38. The van der Waals surface area contributed by atoms with Crippen LogP contribution in [0.5, 0.6) is 0 Å². The zero-order valence-electron chi connectivity index (χ0n) is 2.84. The SMILES string of the molecule is O=C1N=C=CO1. The van der Waals surface area contributed by atoms with Crippen LogP contribution < -0.4 is 0 Å². The monoisotopic (exact) mass is 83.0 g/mol. The van der Waals surface area contributed by atoms with E-state index in [9.17, 15) is 4.79 Å². The average molecular weight is 83.0 g/mol. The molecule has 0 radical (unpaired) electrons. The molecule has 0 spiro atoms. The Morgan fingerprint density at radius 3 is 3.00 bits per heavy atom. The maximum Gasteiger partial charge on any atom is 0.447 e. The number of ether oxygens (including phenoxy) is 1. The van der Waals surface area contributed by atoms with E-state index < -0.39 is 6.09 Å². The number of rotatable bonds is 0. The highest BCUT2D eigenvalue weighted by molar-refractivity contribution is 5.82. The van der Waals surface area contributed by atoms with Gasteiger partial charge in [-0.05, 0) is 0 Å². The highest BCUT2D eigenvalue weighted by Crippen LogP contribution is 1.85. The number of amides is 1. The van der Waals surface area contributed by atoms with E-state index in [2.05, 4.69) is 15.6 Å². The molecule has 0 unspecified atom stereocenters. The van der Waals surface area contributed by atoms with Crippen molar-refractivity contribution in [2.75, 3.05) is 0 Å². The van der Waals surface area contributed by atoms with Crippen LogP contribution in [-0.4, -0.2) is 12.0 Å². The molecule has 1 amide bonds. The average Bonchev–Trinajstić information content (AvgIpc) is 1.86. The van der Waals surface area contributed by atoms with Gasteiger partial charge in [0.15, 0.2) is 6.26 Å². The Morgan fingerprint density at radius 2 is 2.83 bits per heavy atom. The lowest BCUT2D eigenvalue weighted by Crippen LogP contribution is -1.81. The van der Waals surface area contributed by atoms with Crippen LogP contribution in [0.15, 0.2) is 11.3 Å². The summed E-state index contributed by atoms with van der Waals surface area (Å²) in [7, 11) is 0. The Balaban J connectivity index is 2.79. The van der Waals surface area contributed by atoms with Crippen molar-refractivity contribution >= 4 is 12.0 Å². The summed E-state index contributed by atoms with van der Waals surface area (Å²) in [6, 6.07) is 0. The molecule has 0 saturated carbocycles. The second-order valence-electron chi connectivity index (χ2n) is 0.743. The van der Waals surface area contributed by atoms with Crippen molar-refractivity contribution in [1.29, 1.82) is 0 Å². The lowest BCUT2D eigenvalue weighted by molar-refractivity contribution is 0.201. The van der Waals surface area contributed by atoms with Gasteiger partial charge in [-0.2, -0.15) is 0 Å². The van der Waals surface area contributed by atoms with Crippen LogP contribution in [0.25, 0.3) is 0 Å². The molecule has 30 valence electrons. The molecule has 3 heteroatoms. The lowest BCUT2D eigenvalue weighted by atomic mass is 11.1. The fourth-order valence-corrected chi connectivity index (χ4v) is 0.182. The summed E-state index contributed by atoms with van der Waals surface area (Å²) in [6.45, 7) is 0. The van der Waals surface area contributed by atoms with Crippen molar-refractivity contribution in [2.24, 2.45) is 4.99 Å². The summed E-state index contributed by atoms with van der Waals surface area (Å²) in [6.07, 6.45) is 0.525. The zero-order valence-corrected chi connectivity index (χ0v) is 2.84. The van der Waals surface area contributed by atoms with Crippen molar-refractivity contribution in [3.63, 3.8) is 0 Å². The van der Waals surface area contributed by atoms with Gasteiger partial charge in [0.25, 0.3) is 0 Å². The fraction of sp³-hybridized carbons (Fsp3) is 0. The van der Waals surface area contributed by atoms with E-state index in [0.717, 1.165) is 6.26 Å². The van der Waals surface area contributed by atoms with E-state index in [0.29, 0.717) is 0 Å². The van der Waals surface area contributed by atoms with Crippen molar-refractivity contribution < 1.29 is 9.53 Å². The minimum atomic E-state index is -0.588. The molecule has 6 heavy (non-hydrogen) atoms. The fourth-order valence-electron chi connectivity index (χ4n) is 0.182. The van der Waals surface area contributed by atoms with Crippen LogP contribution in [0, 0.1) is 0 Å². The van der Waals surface area contributed by atoms with Crippen LogP contribution >= 0.6 is 0 Å². The van der Waals surface area contributed by atoms with Crippen molar-refractivity contribution in [2.45, 2.75) is 0 Å². The molecule has 0 N–H and O–H groups in total. The van der Waals surface area contributed by atoms with Crippen LogP contribution in [0.3, 0.4) is 0 Å². The predicted octanol–water partition coefficient (Wildman–Crippen LogP) is 0.320. The molecule has 0 aromatic rings. The third kappa shape index (κ3) is 0.307. The molecule has 0 aromatic carbocycles. The first-order valence-electron chi connectivity index (χ1n) is 1.38. The van der Waals surface area contributed by atoms with Crippen LogP contribution in [0.2, 0.25) is 0 Å². The zero-order chi connectivity index (χ0) is 4.41. The summed E-state index contributed by atoms with van der Waals surface area (Å²) in [5.41, 5.74) is 0. The minimum Gasteiger partial charge on any atom is -0.406 e. The largest absolute Gasteiger partial charge is 0.447 e. The third-order valence-electron chi connectivity index (χ3n) is 0.368. The Hall–Kier alpha value is -1.08. The second kappa shape index (κ2) is 0.954. The molecule has 1 aliphatic rings. The maximum absolute atomic E-state index is 9.76. The summed E-state index contributed by atoms with van der Waals surface area (Å²) in [4.78, 5) is 12.8. The summed E-state index contributed by atoms with van der Waals surface area (Å²) >= 11 is 0. The molecule has 0 aromatic heterocycles. The first kappa shape index (κ1) is 3.12. The Bertz CT molecular complexity index is 132. The van der Waals surface area contributed by atoms with Gasteiger partial charge in [0.1, 0.15) is 0 Å². The Kier molecular flexibility index (Phi) is 0.496. The number of nitrogens with zero attached hydrogens (tertiary/aromatic N) is 1. The van der Waals surface area contributed by atoms with Gasteiger partial charge < -0.3 is 4.74 Å². The Labute approximate surface area is 33.9 Å². The Morgan fingerprint density at radius 1 is 2.00 bits per heavy atom. The summed E-state index contributed by atoms with van der Waals surface area (Å²) in [5.74, 6) is 2.20. The molecule has 0 saturated heterocycles. The van der Waals surface area contributed by atoms with Gasteiger partial charge >= 0.3 is 6.09 Å². The molecular formula is C3HNO2. The minimum absolute atomic E-state index is 0.588. The normalized spacial score (nSPS) is 15.7. The molecule has 0 atom stereocenters. The maximum atomic E-state index is 9.76. The van der Waals surface area contributed by atoms with Gasteiger partial charge in [-0.3, -0.25) is 0 Å². The van der Waals surface area contributed by atoms with E-state index in [1.807, 2.05) is 0 Å². The number of hydrogen-bond acceptors (Lipinski definition) is 2. The second-order valence-corrected chi connectivity index (χ2v) is 0.743. The van der Waals surface area contributed by atoms with E-state index >= 15 is 0 Å². The third-order valence-corrected chi connectivity index (χ3v) is 0.368. The summed E-state index contributed by atoms with van der Waals surface area (Å²) < 4.78 is 4.11. The molecular weight excluding hydrogens is 82.0 g/mol. The van der Waals surface area contributed by atoms with Gasteiger partial charge in [0.05, 0.1) is 0 Å². The highest BCUT2D eigenvalue weighted by atomic mass is 16.5.